The van der Waals surface area contributed by atoms with Gasteiger partial charge in [-0.15, -0.1) is 0 Å². The number of nitrogens with two attached hydrogens (primary N) is 1. The number of nitrogen functional groups attached to an aromatic ring is 1. The molecule has 1 aliphatic rings. The monoisotopic (exact) mass is 345 g/mol. The molecule has 3 rings (SSSR count). The highest BCUT2D eigenvalue weighted by Gasteiger charge is 2.30. The Morgan fingerprint density at radius 3 is 2.95 bits per heavy atom. The van der Waals surface area contributed by atoms with Crippen molar-refractivity contribution in [1.82, 2.24) is 9.88 Å². The maximum atomic E-state index is 12.7. The lowest BCUT2D eigenvalue weighted by Gasteiger charge is -2.25. The highest BCUT2D eigenvalue weighted by molar-refractivity contribution is 9.10. The first-order valence-corrected chi connectivity index (χ1v) is 7.72. The van der Waals surface area contributed by atoms with Crippen molar-refractivity contribution in [3.63, 3.8) is 0 Å². The largest absolute Gasteiger partial charge is 0.398 e. The van der Waals surface area contributed by atoms with E-state index in [1.54, 1.807) is 18.3 Å². The van der Waals surface area contributed by atoms with Crippen LogP contribution in [0, 0.1) is 0 Å². The minimum atomic E-state index is 0.0283. The Kier molecular flexibility index (Phi) is 3.92. The predicted octanol–water partition coefficient (Wildman–Crippen LogP) is 3.40. The number of benzene rings is 1. The van der Waals surface area contributed by atoms with Crippen LogP contribution < -0.4 is 5.73 Å². The van der Waals surface area contributed by atoms with E-state index in [1.165, 1.54) is 0 Å². The average Bonchev–Trinajstić information content (AvgIpc) is 2.99. The number of anilines is 1. The minimum absolute atomic E-state index is 0.0283. The van der Waals surface area contributed by atoms with Crippen molar-refractivity contribution < 1.29 is 4.79 Å². The third-order valence-corrected chi connectivity index (χ3v) is 4.55. The molecule has 2 heterocycles. The van der Waals surface area contributed by atoms with Gasteiger partial charge in [-0.1, -0.05) is 6.07 Å². The molecule has 0 bridgehead atoms. The number of rotatable bonds is 2. The molecule has 1 aliphatic heterocycles. The number of amides is 1. The van der Waals surface area contributed by atoms with Crippen molar-refractivity contribution in [2.24, 2.45) is 0 Å². The highest BCUT2D eigenvalue weighted by atomic mass is 79.9. The smallest absolute Gasteiger partial charge is 0.254 e. The van der Waals surface area contributed by atoms with Gasteiger partial charge >= 0.3 is 0 Å². The maximum absolute atomic E-state index is 12.7. The zero-order valence-electron chi connectivity index (χ0n) is 11.5. The van der Waals surface area contributed by atoms with E-state index >= 15 is 0 Å². The molecule has 21 heavy (non-hydrogen) atoms. The lowest BCUT2D eigenvalue weighted by atomic mass is 10.1. The minimum Gasteiger partial charge on any atom is -0.398 e. The predicted molar refractivity (Wildman–Crippen MR) is 85.8 cm³/mol. The molecule has 1 fully saturated rings. The first-order chi connectivity index (χ1) is 10.2. The summed E-state index contributed by atoms with van der Waals surface area (Å²) in [6.45, 7) is 0.772. The Labute approximate surface area is 132 Å². The molecule has 0 radical (unpaired) electrons. The van der Waals surface area contributed by atoms with Crippen LogP contribution in [0.4, 0.5) is 5.69 Å². The first-order valence-electron chi connectivity index (χ1n) is 6.93. The molecule has 1 aromatic heterocycles. The van der Waals surface area contributed by atoms with Crippen LogP contribution in [-0.4, -0.2) is 22.3 Å². The summed E-state index contributed by atoms with van der Waals surface area (Å²) in [5, 5.41) is 0. The number of carbonyl (C=O) groups excluding carboxylic acids is 1. The molecule has 0 spiro atoms. The lowest BCUT2D eigenvalue weighted by Crippen LogP contribution is -2.30. The SMILES string of the molecule is Nc1cc(C(=O)N2CCCC2c2cccnc2)ccc1Br. The summed E-state index contributed by atoms with van der Waals surface area (Å²) in [7, 11) is 0. The molecule has 5 heteroatoms. The van der Waals surface area contributed by atoms with Gasteiger partial charge in [-0.3, -0.25) is 9.78 Å². The fourth-order valence-electron chi connectivity index (χ4n) is 2.77. The van der Waals surface area contributed by atoms with Crippen molar-refractivity contribution in [3.8, 4) is 0 Å². The van der Waals surface area contributed by atoms with Gasteiger partial charge < -0.3 is 10.6 Å². The van der Waals surface area contributed by atoms with E-state index in [4.69, 9.17) is 5.73 Å². The number of likely N-dealkylation sites (tertiary alicyclic amines) is 1. The summed E-state index contributed by atoms with van der Waals surface area (Å²) in [6, 6.07) is 9.40. The molecule has 1 unspecified atom stereocenters. The second kappa shape index (κ2) is 5.85. The summed E-state index contributed by atoms with van der Waals surface area (Å²) in [4.78, 5) is 18.8. The van der Waals surface area contributed by atoms with Crippen LogP contribution in [0.15, 0.2) is 47.2 Å². The van der Waals surface area contributed by atoms with Crippen molar-refractivity contribution in [1.29, 1.82) is 0 Å². The fourth-order valence-corrected chi connectivity index (χ4v) is 3.02. The van der Waals surface area contributed by atoms with E-state index in [9.17, 15) is 4.79 Å². The molecule has 0 aliphatic carbocycles. The summed E-state index contributed by atoms with van der Waals surface area (Å²) in [5.41, 5.74) is 8.18. The molecule has 1 aromatic carbocycles. The molecule has 1 atom stereocenters. The maximum Gasteiger partial charge on any atom is 0.254 e. The van der Waals surface area contributed by atoms with Crippen molar-refractivity contribution in [2.75, 3.05) is 12.3 Å². The van der Waals surface area contributed by atoms with Crippen molar-refractivity contribution in [2.45, 2.75) is 18.9 Å². The first kappa shape index (κ1) is 14.1. The Morgan fingerprint density at radius 2 is 2.24 bits per heavy atom. The number of nitrogens with zero attached hydrogens (tertiary/aromatic N) is 2. The van der Waals surface area contributed by atoms with Gasteiger partial charge in [0.05, 0.1) is 6.04 Å². The van der Waals surface area contributed by atoms with Crippen LogP contribution in [-0.2, 0) is 0 Å². The van der Waals surface area contributed by atoms with Gasteiger partial charge in [0.25, 0.3) is 5.91 Å². The van der Waals surface area contributed by atoms with E-state index in [-0.39, 0.29) is 11.9 Å². The molecule has 1 amide bonds. The van der Waals surface area contributed by atoms with Gasteiger partial charge in [0.2, 0.25) is 0 Å². The zero-order valence-corrected chi connectivity index (χ0v) is 13.1. The topological polar surface area (TPSA) is 59.2 Å². The number of pyridine rings is 1. The zero-order chi connectivity index (χ0) is 14.8. The van der Waals surface area contributed by atoms with Gasteiger partial charge in [-0.25, -0.2) is 0 Å². The number of halogens is 1. The van der Waals surface area contributed by atoms with Gasteiger partial charge in [0, 0.05) is 34.7 Å². The normalized spacial score (nSPS) is 18.0. The third-order valence-electron chi connectivity index (χ3n) is 3.83. The van der Waals surface area contributed by atoms with Crippen LogP contribution in [0.5, 0.6) is 0 Å². The van der Waals surface area contributed by atoms with Gasteiger partial charge in [-0.05, 0) is 58.6 Å². The van der Waals surface area contributed by atoms with Crippen molar-refractivity contribution in [3.05, 3.63) is 58.3 Å². The Hall–Kier alpha value is -1.88. The van der Waals surface area contributed by atoms with E-state index in [0.717, 1.165) is 29.4 Å². The summed E-state index contributed by atoms with van der Waals surface area (Å²) >= 11 is 3.35. The van der Waals surface area contributed by atoms with Crippen LogP contribution in [0.25, 0.3) is 0 Å². The molecule has 1 saturated heterocycles. The Morgan fingerprint density at radius 1 is 1.38 bits per heavy atom. The van der Waals surface area contributed by atoms with E-state index in [2.05, 4.69) is 20.9 Å². The van der Waals surface area contributed by atoms with Gasteiger partial charge in [-0.2, -0.15) is 0 Å². The molecule has 108 valence electrons. The Balaban J connectivity index is 1.88. The van der Waals surface area contributed by atoms with Gasteiger partial charge in [0.1, 0.15) is 0 Å². The van der Waals surface area contributed by atoms with E-state index in [0.29, 0.717) is 11.3 Å². The number of carbonyl (C=O) groups is 1. The molecule has 2 N–H and O–H groups in total. The van der Waals surface area contributed by atoms with Crippen LogP contribution in [0.1, 0.15) is 34.8 Å². The second-order valence-corrected chi connectivity index (χ2v) is 6.03. The summed E-state index contributed by atoms with van der Waals surface area (Å²) < 4.78 is 0.810. The molecule has 4 nitrogen and oxygen atoms in total. The van der Waals surface area contributed by atoms with Crippen LogP contribution in [0.3, 0.4) is 0 Å². The number of hydrogen-bond acceptors (Lipinski definition) is 3. The second-order valence-electron chi connectivity index (χ2n) is 5.18. The van der Waals surface area contributed by atoms with Crippen LogP contribution in [0.2, 0.25) is 0 Å². The summed E-state index contributed by atoms with van der Waals surface area (Å²) in [6.07, 6.45) is 5.58. The van der Waals surface area contributed by atoms with Crippen LogP contribution >= 0.6 is 15.9 Å². The quantitative estimate of drug-likeness (QED) is 0.848. The standard InChI is InChI=1S/C16H16BrN3O/c17-13-6-5-11(9-14(13)18)16(21)20-8-2-4-15(20)12-3-1-7-19-10-12/h1,3,5-7,9-10,15H,2,4,8,18H2. The molecular formula is C16H16BrN3O. The van der Waals surface area contributed by atoms with Gasteiger partial charge in [0.15, 0.2) is 0 Å². The summed E-state index contributed by atoms with van der Waals surface area (Å²) in [5.74, 6) is 0.0283. The fraction of sp³-hybridized carbons (Fsp3) is 0.250. The Bertz CT molecular complexity index is 660. The highest BCUT2D eigenvalue weighted by Crippen LogP contribution is 2.33. The van der Waals surface area contributed by atoms with E-state index in [1.807, 2.05) is 29.3 Å². The third kappa shape index (κ3) is 2.78. The average molecular weight is 346 g/mol. The number of hydrogen-bond donors (Lipinski definition) is 1. The molecule has 0 saturated carbocycles. The van der Waals surface area contributed by atoms with E-state index < -0.39 is 0 Å². The molecular weight excluding hydrogens is 330 g/mol. The number of aromatic nitrogens is 1. The molecule has 2 aromatic rings. The van der Waals surface area contributed by atoms with Crippen molar-refractivity contribution >= 4 is 27.5 Å². The lowest BCUT2D eigenvalue weighted by molar-refractivity contribution is 0.0735.